The van der Waals surface area contributed by atoms with E-state index in [4.69, 9.17) is 9.47 Å². The van der Waals surface area contributed by atoms with E-state index in [1.54, 1.807) is 7.11 Å². The van der Waals surface area contributed by atoms with Crippen molar-refractivity contribution in [2.75, 3.05) is 20.2 Å². The summed E-state index contributed by atoms with van der Waals surface area (Å²) in [6.45, 7) is 3.78. The molecule has 1 heterocycles. The number of hydrogen-bond donors (Lipinski definition) is 0. The standard InChI is InChI=1S/C38H38N2O3/c1-42-36-20-19-31(25-37(36)43-28-30-13-6-3-7-14-30)27-40(38(41)35-18-10-16-32-15-8-9-17-34(32)35)33-21-23-39(24-22-33)26-29-11-4-2-5-12-29/h2-20,25,33H,21-24,26-28H2,1H3. The van der Waals surface area contributed by atoms with Gasteiger partial charge in [-0.05, 0) is 58.5 Å². The Bertz CT molecular complexity index is 1640. The van der Waals surface area contributed by atoms with Crippen molar-refractivity contribution >= 4 is 16.7 Å². The second-order valence-corrected chi connectivity index (χ2v) is 11.2. The molecule has 1 aliphatic rings. The summed E-state index contributed by atoms with van der Waals surface area (Å²) in [4.78, 5) is 19.0. The SMILES string of the molecule is COc1ccc(CN(C(=O)c2cccc3ccccc23)C2CCN(Cc3ccccc3)CC2)cc1OCc1ccccc1. The number of fused-ring (bicyclic) bond motifs is 1. The first-order valence-electron chi connectivity index (χ1n) is 15.1. The molecule has 5 aromatic rings. The Balaban J connectivity index is 1.26. The molecule has 0 unspecified atom stereocenters. The lowest BCUT2D eigenvalue weighted by atomic mass is 9.98. The number of hydrogen-bond acceptors (Lipinski definition) is 4. The third kappa shape index (κ3) is 6.90. The van der Waals surface area contributed by atoms with Gasteiger partial charge in [0.25, 0.3) is 5.91 Å². The van der Waals surface area contributed by atoms with Crippen molar-refractivity contribution in [2.24, 2.45) is 0 Å². The minimum Gasteiger partial charge on any atom is -0.493 e. The Kier molecular flexibility index (Phi) is 9.00. The monoisotopic (exact) mass is 570 g/mol. The summed E-state index contributed by atoms with van der Waals surface area (Å²) in [5.74, 6) is 1.43. The van der Waals surface area contributed by atoms with Crippen LogP contribution in [0.1, 0.15) is 39.9 Å². The second-order valence-electron chi connectivity index (χ2n) is 11.2. The molecule has 0 atom stereocenters. The van der Waals surface area contributed by atoms with Gasteiger partial charge in [-0.25, -0.2) is 0 Å². The number of rotatable bonds is 10. The number of carbonyl (C=O) groups excluding carboxylic acids is 1. The van der Waals surface area contributed by atoms with Crippen LogP contribution in [0.25, 0.3) is 10.8 Å². The van der Waals surface area contributed by atoms with Crippen LogP contribution < -0.4 is 9.47 Å². The summed E-state index contributed by atoms with van der Waals surface area (Å²) < 4.78 is 11.8. The molecule has 0 radical (unpaired) electrons. The molecular formula is C38H38N2O3. The van der Waals surface area contributed by atoms with Crippen LogP contribution >= 0.6 is 0 Å². The fourth-order valence-electron chi connectivity index (χ4n) is 6.03. The maximum Gasteiger partial charge on any atom is 0.255 e. The summed E-state index contributed by atoms with van der Waals surface area (Å²) in [6, 6.07) is 41.0. The number of methoxy groups -OCH3 is 1. The van der Waals surface area contributed by atoms with Crippen molar-refractivity contribution in [3.63, 3.8) is 0 Å². The first kappa shape index (κ1) is 28.5. The third-order valence-electron chi connectivity index (χ3n) is 8.35. The molecule has 5 aromatic carbocycles. The van der Waals surface area contributed by atoms with Crippen molar-refractivity contribution in [3.8, 4) is 11.5 Å². The zero-order valence-corrected chi connectivity index (χ0v) is 24.7. The molecule has 1 amide bonds. The molecule has 1 fully saturated rings. The Morgan fingerprint density at radius 1 is 0.744 bits per heavy atom. The average Bonchev–Trinajstić information content (AvgIpc) is 3.07. The highest BCUT2D eigenvalue weighted by Gasteiger charge is 2.30. The highest BCUT2D eigenvalue weighted by atomic mass is 16.5. The van der Waals surface area contributed by atoms with Crippen molar-refractivity contribution < 1.29 is 14.3 Å². The van der Waals surface area contributed by atoms with Gasteiger partial charge in [0.2, 0.25) is 0 Å². The van der Waals surface area contributed by atoms with E-state index >= 15 is 0 Å². The van der Waals surface area contributed by atoms with Gasteiger partial charge < -0.3 is 14.4 Å². The summed E-state index contributed by atoms with van der Waals surface area (Å²) in [6.07, 6.45) is 1.85. The molecule has 6 rings (SSSR count). The Morgan fingerprint density at radius 2 is 1.42 bits per heavy atom. The van der Waals surface area contributed by atoms with Gasteiger partial charge in [-0.15, -0.1) is 0 Å². The predicted octanol–water partition coefficient (Wildman–Crippen LogP) is 7.73. The van der Waals surface area contributed by atoms with Crippen LogP contribution in [0.2, 0.25) is 0 Å². The first-order valence-corrected chi connectivity index (χ1v) is 15.1. The summed E-state index contributed by atoms with van der Waals surface area (Å²) >= 11 is 0. The highest BCUT2D eigenvalue weighted by Crippen LogP contribution is 2.31. The van der Waals surface area contributed by atoms with Gasteiger partial charge in [-0.1, -0.05) is 103 Å². The molecule has 0 spiro atoms. The largest absolute Gasteiger partial charge is 0.493 e. The van der Waals surface area contributed by atoms with Crippen LogP contribution in [0.15, 0.2) is 121 Å². The van der Waals surface area contributed by atoms with Gasteiger partial charge >= 0.3 is 0 Å². The van der Waals surface area contributed by atoms with Gasteiger partial charge in [0.05, 0.1) is 7.11 Å². The summed E-state index contributed by atoms with van der Waals surface area (Å²) in [5, 5.41) is 2.06. The summed E-state index contributed by atoms with van der Waals surface area (Å²) in [5.41, 5.74) is 4.18. The third-order valence-corrected chi connectivity index (χ3v) is 8.35. The molecule has 0 aromatic heterocycles. The number of ether oxygens (including phenoxy) is 2. The lowest BCUT2D eigenvalue weighted by molar-refractivity contribution is 0.0544. The maximum atomic E-state index is 14.4. The van der Waals surface area contributed by atoms with Gasteiger partial charge in [0.15, 0.2) is 11.5 Å². The van der Waals surface area contributed by atoms with E-state index < -0.39 is 0 Å². The van der Waals surface area contributed by atoms with Crippen molar-refractivity contribution in [2.45, 2.75) is 38.6 Å². The van der Waals surface area contributed by atoms with Crippen molar-refractivity contribution in [1.29, 1.82) is 0 Å². The van der Waals surface area contributed by atoms with E-state index in [2.05, 4.69) is 52.3 Å². The van der Waals surface area contributed by atoms with E-state index in [9.17, 15) is 4.79 Å². The molecule has 218 valence electrons. The van der Waals surface area contributed by atoms with Crippen molar-refractivity contribution in [3.05, 3.63) is 144 Å². The van der Waals surface area contributed by atoms with Crippen LogP contribution in [-0.4, -0.2) is 41.9 Å². The zero-order valence-electron chi connectivity index (χ0n) is 24.7. The van der Waals surface area contributed by atoms with Crippen LogP contribution in [0.3, 0.4) is 0 Å². The second kappa shape index (κ2) is 13.6. The lowest BCUT2D eigenvalue weighted by Gasteiger charge is -2.39. The predicted molar refractivity (Wildman–Crippen MR) is 172 cm³/mol. The zero-order chi connectivity index (χ0) is 29.4. The Morgan fingerprint density at radius 3 is 2.16 bits per heavy atom. The first-order chi connectivity index (χ1) is 21.2. The quantitative estimate of drug-likeness (QED) is 0.172. The van der Waals surface area contributed by atoms with Crippen LogP contribution in [0.4, 0.5) is 0 Å². The minimum atomic E-state index is 0.0703. The van der Waals surface area contributed by atoms with Crippen LogP contribution in [-0.2, 0) is 19.7 Å². The van der Waals surface area contributed by atoms with Gasteiger partial charge in [-0.2, -0.15) is 0 Å². The molecule has 0 saturated carbocycles. The van der Waals surface area contributed by atoms with Gasteiger partial charge in [-0.3, -0.25) is 9.69 Å². The molecule has 43 heavy (non-hydrogen) atoms. The summed E-state index contributed by atoms with van der Waals surface area (Å²) in [7, 11) is 1.66. The highest BCUT2D eigenvalue weighted by molar-refractivity contribution is 6.07. The number of benzene rings is 5. The normalized spacial score (nSPS) is 14.0. The van der Waals surface area contributed by atoms with E-state index in [1.807, 2.05) is 78.9 Å². The maximum absolute atomic E-state index is 14.4. The van der Waals surface area contributed by atoms with Gasteiger partial charge in [0.1, 0.15) is 6.61 Å². The van der Waals surface area contributed by atoms with E-state index in [0.717, 1.165) is 59.9 Å². The average molecular weight is 571 g/mol. The van der Waals surface area contributed by atoms with Gasteiger partial charge in [0, 0.05) is 37.8 Å². The lowest BCUT2D eigenvalue weighted by Crippen LogP contribution is -2.47. The van der Waals surface area contributed by atoms with E-state index in [1.165, 1.54) is 5.56 Å². The fraction of sp³-hybridized carbons (Fsp3) is 0.237. The molecule has 1 aliphatic heterocycles. The van der Waals surface area contributed by atoms with E-state index in [-0.39, 0.29) is 11.9 Å². The molecule has 0 N–H and O–H groups in total. The minimum absolute atomic E-state index is 0.0703. The molecular weight excluding hydrogens is 532 g/mol. The molecule has 0 aliphatic carbocycles. The van der Waals surface area contributed by atoms with E-state index in [0.29, 0.717) is 24.7 Å². The van der Waals surface area contributed by atoms with Crippen molar-refractivity contribution in [1.82, 2.24) is 9.80 Å². The number of likely N-dealkylation sites (tertiary alicyclic amines) is 1. The van der Waals surface area contributed by atoms with Crippen LogP contribution in [0, 0.1) is 0 Å². The number of piperidine rings is 1. The topological polar surface area (TPSA) is 42.0 Å². The fourth-order valence-corrected chi connectivity index (χ4v) is 6.03. The molecule has 0 bridgehead atoms. The molecule has 1 saturated heterocycles. The Labute approximate surface area is 254 Å². The Hall–Kier alpha value is -4.61. The number of nitrogens with zero attached hydrogens (tertiary/aromatic N) is 2. The number of carbonyl (C=O) groups is 1. The smallest absolute Gasteiger partial charge is 0.255 e. The van der Waals surface area contributed by atoms with Crippen LogP contribution in [0.5, 0.6) is 11.5 Å². The molecule has 5 nitrogen and oxygen atoms in total. The number of amides is 1. The molecule has 5 heteroatoms.